The van der Waals surface area contributed by atoms with Crippen LogP contribution in [0.3, 0.4) is 0 Å². The first-order chi connectivity index (χ1) is 6.68. The molecule has 1 saturated carbocycles. The molecule has 1 fully saturated rings. The molecule has 76 valence electrons. The zero-order valence-electron chi connectivity index (χ0n) is 7.91. The Balaban J connectivity index is 2.19. The number of aliphatic hydroxyl groups is 1. The normalized spacial score (nSPS) is 20.5. The van der Waals surface area contributed by atoms with Crippen molar-refractivity contribution in [2.75, 3.05) is 6.54 Å². The highest BCUT2D eigenvalue weighted by Crippen LogP contribution is 2.53. The molecule has 0 radical (unpaired) electrons. The quantitative estimate of drug-likeness (QED) is 0.871. The number of halogens is 1. The molecule has 0 unspecified atom stereocenters. The molecule has 0 aromatic heterocycles. The first-order valence-corrected chi connectivity index (χ1v) is 5.61. The van der Waals surface area contributed by atoms with Crippen LogP contribution in [0.1, 0.15) is 24.5 Å². The average Bonchev–Trinajstić information content (AvgIpc) is 2.99. The monoisotopic (exact) mass is 255 g/mol. The van der Waals surface area contributed by atoms with Gasteiger partial charge in [-0.3, -0.25) is 0 Å². The Morgan fingerprint density at radius 1 is 1.36 bits per heavy atom. The fourth-order valence-electron chi connectivity index (χ4n) is 1.75. The first-order valence-electron chi connectivity index (χ1n) is 4.81. The summed E-state index contributed by atoms with van der Waals surface area (Å²) < 4.78 is 1.03. The number of aliphatic hydroxyl groups excluding tert-OH is 1. The second-order valence-corrected chi connectivity index (χ2v) is 4.94. The van der Waals surface area contributed by atoms with Crippen LogP contribution in [0.2, 0.25) is 0 Å². The number of nitrogens with two attached hydrogens (primary N) is 1. The van der Waals surface area contributed by atoms with Gasteiger partial charge in [-0.05, 0) is 30.5 Å². The van der Waals surface area contributed by atoms with Gasteiger partial charge in [0.15, 0.2) is 0 Å². The Hall–Kier alpha value is -0.380. The summed E-state index contributed by atoms with van der Waals surface area (Å²) in [7, 11) is 0. The standard InChI is InChI=1S/C11H14BrNO/c12-9-3-1-8(2-4-9)10(14)11(7-13)5-6-11/h1-4,10,14H,5-7,13H2/t10-/m1/s1. The molecule has 1 aliphatic carbocycles. The van der Waals surface area contributed by atoms with Gasteiger partial charge in [-0.2, -0.15) is 0 Å². The highest BCUT2D eigenvalue weighted by Gasteiger charge is 2.48. The minimum absolute atomic E-state index is 0.0339. The van der Waals surface area contributed by atoms with Crippen LogP contribution in [-0.4, -0.2) is 11.7 Å². The van der Waals surface area contributed by atoms with E-state index in [4.69, 9.17) is 5.73 Å². The third-order valence-electron chi connectivity index (χ3n) is 3.06. The summed E-state index contributed by atoms with van der Waals surface area (Å²) in [5, 5.41) is 10.1. The summed E-state index contributed by atoms with van der Waals surface area (Å²) >= 11 is 3.37. The maximum absolute atomic E-state index is 10.1. The Morgan fingerprint density at radius 3 is 2.36 bits per heavy atom. The molecule has 1 atom stereocenters. The molecule has 0 saturated heterocycles. The van der Waals surface area contributed by atoms with Crippen molar-refractivity contribution in [3.63, 3.8) is 0 Å². The zero-order valence-corrected chi connectivity index (χ0v) is 9.50. The first kappa shape index (κ1) is 10.1. The van der Waals surface area contributed by atoms with Crippen molar-refractivity contribution in [3.05, 3.63) is 34.3 Å². The zero-order chi connectivity index (χ0) is 10.2. The fourth-order valence-corrected chi connectivity index (χ4v) is 2.01. The predicted molar refractivity (Wildman–Crippen MR) is 59.8 cm³/mol. The van der Waals surface area contributed by atoms with Gasteiger partial charge in [-0.1, -0.05) is 28.1 Å². The molecule has 1 aromatic carbocycles. The smallest absolute Gasteiger partial charge is 0.0858 e. The minimum Gasteiger partial charge on any atom is -0.388 e. The van der Waals surface area contributed by atoms with Crippen LogP contribution in [0.15, 0.2) is 28.7 Å². The van der Waals surface area contributed by atoms with Gasteiger partial charge in [-0.15, -0.1) is 0 Å². The molecular weight excluding hydrogens is 242 g/mol. The molecule has 0 aliphatic heterocycles. The maximum Gasteiger partial charge on any atom is 0.0858 e. The van der Waals surface area contributed by atoms with Crippen molar-refractivity contribution < 1.29 is 5.11 Å². The summed E-state index contributed by atoms with van der Waals surface area (Å²) in [6.45, 7) is 0.574. The van der Waals surface area contributed by atoms with Crippen molar-refractivity contribution in [2.24, 2.45) is 11.1 Å². The summed E-state index contributed by atoms with van der Waals surface area (Å²) in [5.74, 6) is 0. The molecule has 14 heavy (non-hydrogen) atoms. The van der Waals surface area contributed by atoms with Crippen LogP contribution in [0.5, 0.6) is 0 Å². The summed E-state index contributed by atoms with van der Waals surface area (Å²) in [4.78, 5) is 0. The van der Waals surface area contributed by atoms with E-state index in [1.165, 1.54) is 0 Å². The van der Waals surface area contributed by atoms with Crippen LogP contribution in [0.25, 0.3) is 0 Å². The Kier molecular flexibility index (Phi) is 2.64. The van der Waals surface area contributed by atoms with Crippen LogP contribution in [-0.2, 0) is 0 Å². The van der Waals surface area contributed by atoms with E-state index in [1.807, 2.05) is 24.3 Å². The molecule has 3 heteroatoms. The van der Waals surface area contributed by atoms with E-state index in [0.29, 0.717) is 6.54 Å². The number of rotatable bonds is 3. The van der Waals surface area contributed by atoms with E-state index in [2.05, 4.69) is 15.9 Å². The fraction of sp³-hybridized carbons (Fsp3) is 0.455. The maximum atomic E-state index is 10.1. The van der Waals surface area contributed by atoms with Gasteiger partial charge < -0.3 is 10.8 Å². The number of hydrogen-bond donors (Lipinski definition) is 2. The largest absolute Gasteiger partial charge is 0.388 e. The lowest BCUT2D eigenvalue weighted by molar-refractivity contribution is 0.0975. The highest BCUT2D eigenvalue weighted by molar-refractivity contribution is 9.10. The molecular formula is C11H14BrNO. The van der Waals surface area contributed by atoms with Crippen molar-refractivity contribution in [1.82, 2.24) is 0 Å². The lowest BCUT2D eigenvalue weighted by atomic mass is 9.93. The van der Waals surface area contributed by atoms with Gasteiger partial charge in [0.05, 0.1) is 6.10 Å². The van der Waals surface area contributed by atoms with Crippen LogP contribution in [0.4, 0.5) is 0 Å². The van der Waals surface area contributed by atoms with Crippen LogP contribution < -0.4 is 5.73 Å². The summed E-state index contributed by atoms with van der Waals surface area (Å²) in [5.41, 5.74) is 6.60. The van der Waals surface area contributed by atoms with Gasteiger partial charge in [-0.25, -0.2) is 0 Å². The van der Waals surface area contributed by atoms with Crippen molar-refractivity contribution in [2.45, 2.75) is 18.9 Å². The molecule has 0 heterocycles. The van der Waals surface area contributed by atoms with Gasteiger partial charge in [0, 0.05) is 16.4 Å². The molecule has 0 spiro atoms. The number of benzene rings is 1. The lowest BCUT2D eigenvalue weighted by Crippen LogP contribution is -2.23. The lowest BCUT2D eigenvalue weighted by Gasteiger charge is -2.20. The average molecular weight is 256 g/mol. The Bertz CT molecular complexity index is 319. The SMILES string of the molecule is NCC1([C@H](O)c2ccc(Br)cc2)CC1. The van der Waals surface area contributed by atoms with Crippen molar-refractivity contribution in [1.29, 1.82) is 0 Å². The molecule has 3 N–H and O–H groups in total. The van der Waals surface area contributed by atoms with E-state index >= 15 is 0 Å². The Morgan fingerprint density at radius 2 is 1.93 bits per heavy atom. The minimum atomic E-state index is -0.402. The summed E-state index contributed by atoms with van der Waals surface area (Å²) in [6, 6.07) is 7.80. The molecule has 0 bridgehead atoms. The van der Waals surface area contributed by atoms with Gasteiger partial charge in [0.25, 0.3) is 0 Å². The van der Waals surface area contributed by atoms with Gasteiger partial charge in [0.1, 0.15) is 0 Å². The van der Waals surface area contributed by atoms with E-state index in [9.17, 15) is 5.11 Å². The van der Waals surface area contributed by atoms with Crippen molar-refractivity contribution in [3.8, 4) is 0 Å². The third kappa shape index (κ3) is 1.72. The molecule has 1 aliphatic rings. The van der Waals surface area contributed by atoms with Crippen molar-refractivity contribution >= 4 is 15.9 Å². The van der Waals surface area contributed by atoms with Gasteiger partial charge in [0.2, 0.25) is 0 Å². The van der Waals surface area contributed by atoms with E-state index in [0.717, 1.165) is 22.9 Å². The van der Waals surface area contributed by atoms with Gasteiger partial charge >= 0.3 is 0 Å². The highest BCUT2D eigenvalue weighted by atomic mass is 79.9. The van der Waals surface area contributed by atoms with E-state index < -0.39 is 6.10 Å². The Labute approximate surface area is 92.3 Å². The summed E-state index contributed by atoms with van der Waals surface area (Å²) in [6.07, 6.45) is 1.68. The number of hydrogen-bond acceptors (Lipinski definition) is 2. The van der Waals surface area contributed by atoms with E-state index in [-0.39, 0.29) is 5.41 Å². The second kappa shape index (κ2) is 3.65. The second-order valence-electron chi connectivity index (χ2n) is 4.02. The molecule has 0 amide bonds. The predicted octanol–water partition coefficient (Wildman–Crippen LogP) is 2.22. The molecule has 1 aromatic rings. The topological polar surface area (TPSA) is 46.2 Å². The molecule has 2 rings (SSSR count). The third-order valence-corrected chi connectivity index (χ3v) is 3.59. The van der Waals surface area contributed by atoms with E-state index in [1.54, 1.807) is 0 Å². The molecule has 2 nitrogen and oxygen atoms in total. The van der Waals surface area contributed by atoms with Crippen LogP contribution in [0, 0.1) is 5.41 Å². The van der Waals surface area contributed by atoms with Crippen LogP contribution >= 0.6 is 15.9 Å².